The van der Waals surface area contributed by atoms with Crippen LogP contribution in [0.2, 0.25) is 0 Å². The fourth-order valence-electron chi connectivity index (χ4n) is 4.66. The molecule has 9 heteroatoms. The van der Waals surface area contributed by atoms with E-state index in [1.807, 2.05) is 0 Å². The zero-order valence-corrected chi connectivity index (χ0v) is 21.2. The van der Waals surface area contributed by atoms with E-state index in [1.54, 1.807) is 51.1 Å². The topological polar surface area (TPSA) is 113 Å². The Kier molecular flexibility index (Phi) is 7.88. The largest absolute Gasteiger partial charge is 0.444 e. The summed E-state index contributed by atoms with van der Waals surface area (Å²) in [5.74, 6) is -0.605. The molecule has 0 bridgehead atoms. The molecule has 1 saturated heterocycles. The summed E-state index contributed by atoms with van der Waals surface area (Å²) in [6.07, 6.45) is 7.10. The number of likely N-dealkylation sites (tertiary alicyclic amines) is 1. The predicted octanol–water partition coefficient (Wildman–Crippen LogP) is 4.43. The molecular weight excluding hydrogens is 458 g/mol. The number of pyridine rings is 1. The number of benzene rings is 1. The van der Waals surface area contributed by atoms with Crippen molar-refractivity contribution in [2.45, 2.75) is 70.6 Å². The lowest BCUT2D eigenvalue weighted by Crippen LogP contribution is -2.56. The standard InChI is InChI=1S/C27H35N5O4/c1-27(2,3)36-26(35)31-20-8-6-7-19(15-20)30-25(34)23-12-11-18(16-28-23)24(33)29-17-22-13-14-32(22)21-9-4-5-10-21/h6-8,11-12,15-16,21-22H,4-5,9-10,13-14,17H2,1-3H3,(H,29,33)(H,30,34)(H,31,35). The molecule has 9 nitrogen and oxygen atoms in total. The van der Waals surface area contributed by atoms with Crippen molar-refractivity contribution in [3.8, 4) is 0 Å². The van der Waals surface area contributed by atoms with Crippen molar-refractivity contribution in [2.24, 2.45) is 0 Å². The molecule has 3 N–H and O–H groups in total. The van der Waals surface area contributed by atoms with E-state index in [0.717, 1.165) is 13.0 Å². The zero-order chi connectivity index (χ0) is 25.7. The van der Waals surface area contributed by atoms with E-state index in [-0.39, 0.29) is 11.6 Å². The SMILES string of the molecule is CC(C)(C)OC(=O)Nc1cccc(NC(=O)c2ccc(C(=O)NCC3CCN3C3CCCC3)cn2)c1. The highest BCUT2D eigenvalue weighted by Crippen LogP contribution is 2.30. The average molecular weight is 494 g/mol. The molecule has 4 rings (SSSR count). The molecule has 1 unspecified atom stereocenters. The van der Waals surface area contributed by atoms with E-state index >= 15 is 0 Å². The fraction of sp³-hybridized carbons (Fsp3) is 0.481. The predicted molar refractivity (Wildman–Crippen MR) is 138 cm³/mol. The number of amides is 3. The third kappa shape index (κ3) is 6.81. The van der Waals surface area contributed by atoms with Crippen molar-refractivity contribution in [1.29, 1.82) is 0 Å². The van der Waals surface area contributed by atoms with Gasteiger partial charge in [-0.2, -0.15) is 0 Å². The second-order valence-electron chi connectivity index (χ2n) is 10.4. The monoisotopic (exact) mass is 493 g/mol. The summed E-state index contributed by atoms with van der Waals surface area (Å²) in [5.41, 5.74) is 0.965. The molecule has 2 fully saturated rings. The highest BCUT2D eigenvalue weighted by molar-refractivity contribution is 6.04. The van der Waals surface area contributed by atoms with Crippen LogP contribution in [0.4, 0.5) is 16.2 Å². The van der Waals surface area contributed by atoms with Gasteiger partial charge in [0.15, 0.2) is 0 Å². The van der Waals surface area contributed by atoms with Gasteiger partial charge in [0, 0.05) is 42.7 Å². The molecule has 1 aromatic carbocycles. The fourth-order valence-corrected chi connectivity index (χ4v) is 4.66. The number of aromatic nitrogens is 1. The molecule has 1 aromatic heterocycles. The Morgan fingerprint density at radius 2 is 1.72 bits per heavy atom. The van der Waals surface area contributed by atoms with Crippen molar-refractivity contribution >= 4 is 29.3 Å². The molecule has 0 radical (unpaired) electrons. The highest BCUT2D eigenvalue weighted by Gasteiger charge is 2.35. The Labute approximate surface area is 212 Å². The molecule has 1 aliphatic heterocycles. The lowest BCUT2D eigenvalue weighted by molar-refractivity contribution is 0.0425. The van der Waals surface area contributed by atoms with E-state index in [2.05, 4.69) is 25.8 Å². The Bertz CT molecular complexity index is 1090. The minimum absolute atomic E-state index is 0.184. The van der Waals surface area contributed by atoms with E-state index in [0.29, 0.717) is 35.6 Å². The van der Waals surface area contributed by atoms with Gasteiger partial charge >= 0.3 is 6.09 Å². The van der Waals surface area contributed by atoms with Crippen molar-refractivity contribution in [2.75, 3.05) is 23.7 Å². The number of hydrogen-bond acceptors (Lipinski definition) is 6. The van der Waals surface area contributed by atoms with Crippen LogP contribution in [-0.4, -0.2) is 58.6 Å². The first kappa shape index (κ1) is 25.6. The van der Waals surface area contributed by atoms with Crippen LogP contribution in [0.5, 0.6) is 0 Å². The van der Waals surface area contributed by atoms with Gasteiger partial charge in [0.2, 0.25) is 0 Å². The van der Waals surface area contributed by atoms with Crippen LogP contribution in [0.15, 0.2) is 42.6 Å². The van der Waals surface area contributed by atoms with Gasteiger partial charge in [-0.05, 0) is 70.4 Å². The number of hydrogen-bond donors (Lipinski definition) is 3. The number of carbonyl (C=O) groups is 3. The molecule has 0 spiro atoms. The molecular formula is C27H35N5O4. The van der Waals surface area contributed by atoms with Crippen LogP contribution >= 0.6 is 0 Å². The summed E-state index contributed by atoms with van der Waals surface area (Å²) in [6, 6.07) is 11.0. The third-order valence-electron chi connectivity index (χ3n) is 6.51. The first-order chi connectivity index (χ1) is 17.2. The molecule has 2 aromatic rings. The molecule has 1 saturated carbocycles. The van der Waals surface area contributed by atoms with Crippen molar-refractivity contribution < 1.29 is 19.1 Å². The molecule has 36 heavy (non-hydrogen) atoms. The second kappa shape index (κ2) is 11.1. The van der Waals surface area contributed by atoms with Crippen LogP contribution in [0.1, 0.15) is 73.7 Å². The highest BCUT2D eigenvalue weighted by atomic mass is 16.6. The number of carbonyl (C=O) groups excluding carboxylic acids is 3. The van der Waals surface area contributed by atoms with E-state index in [9.17, 15) is 14.4 Å². The van der Waals surface area contributed by atoms with E-state index < -0.39 is 17.6 Å². The number of nitrogens with one attached hydrogen (secondary N) is 3. The van der Waals surface area contributed by atoms with Gasteiger partial charge in [-0.3, -0.25) is 24.8 Å². The van der Waals surface area contributed by atoms with E-state index in [4.69, 9.17) is 4.74 Å². The lowest BCUT2D eigenvalue weighted by atomic mass is 9.98. The molecule has 2 heterocycles. The van der Waals surface area contributed by atoms with Crippen LogP contribution in [0.3, 0.4) is 0 Å². The smallest absolute Gasteiger partial charge is 0.412 e. The minimum atomic E-state index is -0.613. The molecule has 1 atom stereocenters. The van der Waals surface area contributed by atoms with Crippen LogP contribution in [0, 0.1) is 0 Å². The normalized spacial score (nSPS) is 18.2. The summed E-state index contributed by atoms with van der Waals surface area (Å²) in [5, 5.41) is 8.41. The van der Waals surface area contributed by atoms with Gasteiger partial charge in [-0.1, -0.05) is 18.9 Å². The second-order valence-corrected chi connectivity index (χ2v) is 10.4. The minimum Gasteiger partial charge on any atom is -0.444 e. The number of ether oxygens (including phenoxy) is 1. The summed E-state index contributed by atoms with van der Waals surface area (Å²) in [4.78, 5) is 43.9. The summed E-state index contributed by atoms with van der Waals surface area (Å²) >= 11 is 0. The van der Waals surface area contributed by atoms with Gasteiger partial charge in [0.05, 0.1) is 5.56 Å². The maximum Gasteiger partial charge on any atom is 0.412 e. The number of rotatable bonds is 7. The number of nitrogens with zero attached hydrogens (tertiary/aromatic N) is 2. The van der Waals surface area contributed by atoms with Crippen molar-refractivity contribution in [3.05, 3.63) is 53.9 Å². The number of anilines is 2. The van der Waals surface area contributed by atoms with Gasteiger partial charge in [-0.15, -0.1) is 0 Å². The van der Waals surface area contributed by atoms with Crippen molar-refractivity contribution in [3.63, 3.8) is 0 Å². The quantitative estimate of drug-likeness (QED) is 0.526. The Morgan fingerprint density at radius 3 is 2.33 bits per heavy atom. The molecule has 3 amide bonds. The van der Waals surface area contributed by atoms with Gasteiger partial charge < -0.3 is 15.4 Å². The van der Waals surface area contributed by atoms with Crippen molar-refractivity contribution in [1.82, 2.24) is 15.2 Å². The average Bonchev–Trinajstić information content (AvgIpc) is 3.31. The first-order valence-corrected chi connectivity index (χ1v) is 12.6. The Hall–Kier alpha value is -3.46. The van der Waals surface area contributed by atoms with Crippen LogP contribution in [-0.2, 0) is 4.74 Å². The van der Waals surface area contributed by atoms with Gasteiger partial charge in [-0.25, -0.2) is 4.79 Å². The third-order valence-corrected chi connectivity index (χ3v) is 6.51. The molecule has 2 aliphatic rings. The molecule has 192 valence electrons. The van der Waals surface area contributed by atoms with Gasteiger partial charge in [0.1, 0.15) is 11.3 Å². The van der Waals surface area contributed by atoms with Crippen LogP contribution < -0.4 is 16.0 Å². The summed E-state index contributed by atoms with van der Waals surface area (Å²) in [7, 11) is 0. The summed E-state index contributed by atoms with van der Waals surface area (Å²) < 4.78 is 5.25. The first-order valence-electron chi connectivity index (χ1n) is 12.6. The van der Waals surface area contributed by atoms with Gasteiger partial charge in [0.25, 0.3) is 11.8 Å². The Morgan fingerprint density at radius 1 is 1.00 bits per heavy atom. The van der Waals surface area contributed by atoms with E-state index in [1.165, 1.54) is 37.9 Å². The maximum absolute atomic E-state index is 12.6. The molecule has 1 aliphatic carbocycles. The Balaban J connectivity index is 1.27. The van der Waals surface area contributed by atoms with Crippen LogP contribution in [0.25, 0.3) is 0 Å². The lowest BCUT2D eigenvalue weighted by Gasteiger charge is -2.45. The zero-order valence-electron chi connectivity index (χ0n) is 21.2. The maximum atomic E-state index is 12.6. The summed E-state index contributed by atoms with van der Waals surface area (Å²) in [6.45, 7) is 7.10.